The molecule has 0 spiro atoms. The van der Waals surface area contributed by atoms with Crippen LogP contribution in [0.2, 0.25) is 5.02 Å². The summed E-state index contributed by atoms with van der Waals surface area (Å²) >= 11 is 6.09. The molecule has 0 amide bonds. The van der Waals surface area contributed by atoms with Crippen LogP contribution in [0.1, 0.15) is 18.1 Å². The minimum absolute atomic E-state index is 0.315. The van der Waals surface area contributed by atoms with Gasteiger partial charge in [-0.2, -0.15) is 0 Å². The number of allylic oxidation sites excluding steroid dienone is 1. The lowest BCUT2D eigenvalue weighted by molar-refractivity contribution is -0.137. The summed E-state index contributed by atoms with van der Waals surface area (Å²) in [6, 6.07) is 15.1. The van der Waals surface area contributed by atoms with Crippen molar-refractivity contribution in [1.29, 1.82) is 0 Å². The summed E-state index contributed by atoms with van der Waals surface area (Å²) in [6.07, 6.45) is 3.35. The van der Waals surface area contributed by atoms with Gasteiger partial charge in [0.2, 0.25) is 0 Å². The van der Waals surface area contributed by atoms with E-state index in [-0.39, 0.29) is 0 Å². The molecule has 3 nitrogen and oxygen atoms in total. The molecular weight excluding hydrogens is 312 g/mol. The Morgan fingerprint density at radius 2 is 2.04 bits per heavy atom. The van der Waals surface area contributed by atoms with Crippen molar-refractivity contribution < 1.29 is 14.3 Å². The number of para-hydroxylation sites is 1. The predicted octanol–water partition coefficient (Wildman–Crippen LogP) is 4.72. The molecule has 0 saturated carbocycles. The molecule has 0 aromatic heterocycles. The van der Waals surface area contributed by atoms with Gasteiger partial charge in [0.1, 0.15) is 11.5 Å². The van der Waals surface area contributed by atoms with Crippen molar-refractivity contribution in [3.8, 4) is 5.75 Å². The highest BCUT2D eigenvalue weighted by atomic mass is 35.5. The van der Waals surface area contributed by atoms with Gasteiger partial charge in [0, 0.05) is 16.2 Å². The maximum Gasteiger partial charge on any atom is 0.334 e. The molecule has 1 aliphatic rings. The third kappa shape index (κ3) is 3.46. The first-order valence-electron chi connectivity index (χ1n) is 7.30. The number of carbonyl (C=O) groups excluding carboxylic acids is 1. The number of halogens is 1. The van der Waals surface area contributed by atoms with Gasteiger partial charge >= 0.3 is 5.97 Å². The molecule has 1 aliphatic heterocycles. The van der Waals surface area contributed by atoms with Crippen LogP contribution in [-0.2, 0) is 9.53 Å². The van der Waals surface area contributed by atoms with E-state index in [4.69, 9.17) is 21.1 Å². The Morgan fingerprint density at radius 1 is 1.22 bits per heavy atom. The molecule has 0 N–H and O–H groups in total. The number of benzene rings is 2. The smallest absolute Gasteiger partial charge is 0.334 e. The minimum Gasteiger partial charge on any atom is -0.463 e. The van der Waals surface area contributed by atoms with Gasteiger partial charge < -0.3 is 9.47 Å². The topological polar surface area (TPSA) is 35.5 Å². The number of esters is 1. The fourth-order valence-electron chi connectivity index (χ4n) is 2.37. The van der Waals surface area contributed by atoms with Gasteiger partial charge in [-0.1, -0.05) is 41.9 Å². The molecule has 23 heavy (non-hydrogen) atoms. The van der Waals surface area contributed by atoms with E-state index in [0.29, 0.717) is 23.1 Å². The standard InChI is InChI=1S/C19H15ClO3/c1-2-22-19(21)12-18-16(13-7-5-8-15(20)10-13)11-14-6-3-4-9-17(14)23-18/h3-12H,2H2,1H3/b18-12-. The average Bonchev–Trinajstić information content (AvgIpc) is 2.54. The first kappa shape index (κ1) is 15.4. The first-order valence-corrected chi connectivity index (χ1v) is 7.68. The second-order valence-corrected chi connectivity index (χ2v) is 5.41. The number of carbonyl (C=O) groups is 1. The van der Waals surface area contributed by atoms with Gasteiger partial charge in [0.25, 0.3) is 0 Å². The highest BCUT2D eigenvalue weighted by Gasteiger charge is 2.20. The summed E-state index contributed by atoms with van der Waals surface area (Å²) < 4.78 is 10.9. The minimum atomic E-state index is -0.435. The van der Waals surface area contributed by atoms with E-state index >= 15 is 0 Å². The molecule has 0 bridgehead atoms. The molecule has 2 aromatic carbocycles. The number of hydrogen-bond acceptors (Lipinski definition) is 3. The maximum absolute atomic E-state index is 11.8. The third-order valence-corrected chi connectivity index (χ3v) is 3.61. The molecule has 4 heteroatoms. The summed E-state index contributed by atoms with van der Waals surface area (Å²) in [6.45, 7) is 2.08. The first-order chi connectivity index (χ1) is 11.2. The van der Waals surface area contributed by atoms with Crippen molar-refractivity contribution >= 4 is 29.2 Å². The SMILES string of the molecule is CCOC(=O)/C=C1\Oc2ccccc2C=C1c1cccc(Cl)c1. The van der Waals surface area contributed by atoms with Crippen LogP contribution < -0.4 is 4.74 Å². The van der Waals surface area contributed by atoms with Crippen LogP contribution in [0.3, 0.4) is 0 Å². The molecule has 0 fully saturated rings. The van der Waals surface area contributed by atoms with Crippen LogP contribution in [0.5, 0.6) is 5.75 Å². The van der Waals surface area contributed by atoms with Crippen LogP contribution in [0.25, 0.3) is 11.6 Å². The maximum atomic E-state index is 11.8. The van der Waals surface area contributed by atoms with Crippen molar-refractivity contribution in [2.24, 2.45) is 0 Å². The zero-order valence-corrected chi connectivity index (χ0v) is 13.3. The fourth-order valence-corrected chi connectivity index (χ4v) is 2.56. The van der Waals surface area contributed by atoms with Crippen LogP contribution in [0.4, 0.5) is 0 Å². The third-order valence-electron chi connectivity index (χ3n) is 3.38. The van der Waals surface area contributed by atoms with E-state index < -0.39 is 5.97 Å². The van der Waals surface area contributed by atoms with Crippen molar-refractivity contribution in [2.45, 2.75) is 6.92 Å². The van der Waals surface area contributed by atoms with Crippen LogP contribution >= 0.6 is 11.6 Å². The van der Waals surface area contributed by atoms with Gasteiger partial charge in [-0.25, -0.2) is 4.79 Å². The molecule has 0 radical (unpaired) electrons. The van der Waals surface area contributed by atoms with Crippen molar-refractivity contribution in [3.63, 3.8) is 0 Å². The Morgan fingerprint density at radius 3 is 2.83 bits per heavy atom. The quantitative estimate of drug-likeness (QED) is 0.604. The zero-order valence-electron chi connectivity index (χ0n) is 12.6. The van der Waals surface area contributed by atoms with Gasteiger partial charge in [-0.05, 0) is 36.8 Å². The van der Waals surface area contributed by atoms with Crippen molar-refractivity contribution in [2.75, 3.05) is 6.61 Å². The molecule has 1 heterocycles. The summed E-state index contributed by atoms with van der Waals surface area (Å²) in [5.41, 5.74) is 2.62. The largest absolute Gasteiger partial charge is 0.463 e. The second kappa shape index (κ2) is 6.71. The van der Waals surface area contributed by atoms with Crippen molar-refractivity contribution in [3.05, 3.63) is 76.5 Å². The Labute approximate surface area is 139 Å². The average molecular weight is 327 g/mol. The van der Waals surface area contributed by atoms with Crippen LogP contribution in [0, 0.1) is 0 Å². The van der Waals surface area contributed by atoms with Crippen LogP contribution in [-0.4, -0.2) is 12.6 Å². The number of ether oxygens (including phenoxy) is 2. The number of hydrogen-bond donors (Lipinski definition) is 0. The zero-order chi connectivity index (χ0) is 16.2. The Bertz CT molecular complexity index is 806. The predicted molar refractivity (Wildman–Crippen MR) is 91.1 cm³/mol. The second-order valence-electron chi connectivity index (χ2n) is 4.97. The Hall–Kier alpha value is -2.52. The molecule has 116 valence electrons. The lowest BCUT2D eigenvalue weighted by Gasteiger charge is -2.21. The number of rotatable bonds is 3. The molecular formula is C19H15ClO3. The molecule has 0 unspecified atom stereocenters. The number of fused-ring (bicyclic) bond motifs is 1. The monoisotopic (exact) mass is 326 g/mol. The molecule has 2 aromatic rings. The van der Waals surface area contributed by atoms with Crippen LogP contribution in [0.15, 0.2) is 60.4 Å². The van der Waals surface area contributed by atoms with Crippen molar-refractivity contribution in [1.82, 2.24) is 0 Å². The normalized spacial score (nSPS) is 14.7. The fraction of sp³-hybridized carbons (Fsp3) is 0.105. The van der Waals surface area contributed by atoms with Gasteiger partial charge in [-0.3, -0.25) is 0 Å². The van der Waals surface area contributed by atoms with E-state index in [9.17, 15) is 4.79 Å². The summed E-state index contributed by atoms with van der Waals surface area (Å²) in [5.74, 6) is 0.716. The molecule has 0 atom stereocenters. The highest BCUT2D eigenvalue weighted by molar-refractivity contribution is 6.30. The van der Waals surface area contributed by atoms with E-state index in [1.807, 2.05) is 48.5 Å². The van der Waals surface area contributed by atoms with Gasteiger partial charge in [0.05, 0.1) is 12.7 Å². The summed E-state index contributed by atoms with van der Waals surface area (Å²) in [7, 11) is 0. The highest BCUT2D eigenvalue weighted by Crippen LogP contribution is 2.37. The van der Waals surface area contributed by atoms with E-state index in [1.165, 1.54) is 6.08 Å². The van der Waals surface area contributed by atoms with Gasteiger partial charge in [-0.15, -0.1) is 0 Å². The van der Waals surface area contributed by atoms with E-state index in [0.717, 1.165) is 16.7 Å². The molecule has 3 rings (SSSR count). The molecule has 0 saturated heterocycles. The van der Waals surface area contributed by atoms with E-state index in [2.05, 4.69) is 0 Å². The Kier molecular flexibility index (Phi) is 4.49. The summed E-state index contributed by atoms with van der Waals surface area (Å²) in [5, 5.41) is 0.623. The van der Waals surface area contributed by atoms with Gasteiger partial charge in [0.15, 0.2) is 0 Å². The summed E-state index contributed by atoms with van der Waals surface area (Å²) in [4.78, 5) is 11.8. The molecule has 0 aliphatic carbocycles. The Balaban J connectivity index is 2.10. The van der Waals surface area contributed by atoms with E-state index in [1.54, 1.807) is 13.0 Å². The lowest BCUT2D eigenvalue weighted by Crippen LogP contribution is -2.09. The lowest BCUT2D eigenvalue weighted by atomic mass is 9.98.